The van der Waals surface area contributed by atoms with Crippen LogP contribution in [0.3, 0.4) is 0 Å². The molecular weight excluding hydrogens is 284 g/mol. The standard InChI is InChI=1S/C19H18N4/c1-14-15(2)21-19(17-11-7-4-8-12-17)22-18(14)23-20-13-16-9-5-3-6-10-16/h3-13H,1-2H3,(H,21,22,23). The summed E-state index contributed by atoms with van der Waals surface area (Å²) >= 11 is 0. The van der Waals surface area contributed by atoms with Crippen molar-refractivity contribution in [3.8, 4) is 11.4 Å². The first-order chi connectivity index (χ1) is 11.2. The van der Waals surface area contributed by atoms with Crippen molar-refractivity contribution in [2.45, 2.75) is 13.8 Å². The molecule has 0 unspecified atom stereocenters. The predicted molar refractivity (Wildman–Crippen MR) is 94.6 cm³/mol. The average Bonchev–Trinajstić information content (AvgIpc) is 2.60. The van der Waals surface area contributed by atoms with Crippen LogP contribution in [0.5, 0.6) is 0 Å². The molecule has 3 aromatic rings. The predicted octanol–water partition coefficient (Wildman–Crippen LogP) is 4.21. The van der Waals surface area contributed by atoms with Gasteiger partial charge in [-0.15, -0.1) is 0 Å². The number of hydrogen-bond donors (Lipinski definition) is 1. The summed E-state index contributed by atoms with van der Waals surface area (Å²) in [6.07, 6.45) is 1.78. The highest BCUT2D eigenvalue weighted by atomic mass is 15.3. The number of aryl methyl sites for hydroxylation is 1. The quantitative estimate of drug-likeness (QED) is 0.580. The van der Waals surface area contributed by atoms with Gasteiger partial charge in [0.2, 0.25) is 0 Å². The van der Waals surface area contributed by atoms with E-state index in [1.807, 2.05) is 74.5 Å². The molecule has 0 aliphatic carbocycles. The maximum atomic E-state index is 4.60. The van der Waals surface area contributed by atoms with Gasteiger partial charge in [-0.2, -0.15) is 5.10 Å². The lowest BCUT2D eigenvalue weighted by Crippen LogP contribution is -2.03. The van der Waals surface area contributed by atoms with Crippen LogP contribution in [-0.4, -0.2) is 16.2 Å². The molecule has 1 aromatic heterocycles. The Hall–Kier alpha value is -3.01. The van der Waals surface area contributed by atoms with Gasteiger partial charge in [-0.3, -0.25) is 5.43 Å². The fraction of sp³-hybridized carbons (Fsp3) is 0.105. The van der Waals surface area contributed by atoms with Gasteiger partial charge in [-0.05, 0) is 19.4 Å². The summed E-state index contributed by atoms with van der Waals surface area (Å²) in [7, 11) is 0. The van der Waals surface area contributed by atoms with Crippen molar-refractivity contribution in [2.75, 3.05) is 5.43 Å². The second-order valence-electron chi connectivity index (χ2n) is 5.25. The van der Waals surface area contributed by atoms with Gasteiger partial charge in [0.05, 0.1) is 6.21 Å². The summed E-state index contributed by atoms with van der Waals surface area (Å²) in [5, 5.41) is 4.28. The minimum absolute atomic E-state index is 0.700. The first-order valence-electron chi connectivity index (χ1n) is 7.49. The number of aromatic nitrogens is 2. The number of benzene rings is 2. The first kappa shape index (κ1) is 14.9. The van der Waals surface area contributed by atoms with Crippen molar-refractivity contribution in [3.63, 3.8) is 0 Å². The number of nitrogens with one attached hydrogen (secondary N) is 1. The SMILES string of the molecule is Cc1nc(-c2ccccc2)nc(NN=Cc2ccccc2)c1C. The van der Waals surface area contributed by atoms with Gasteiger partial charge in [0.15, 0.2) is 11.6 Å². The zero-order valence-corrected chi connectivity index (χ0v) is 13.2. The maximum absolute atomic E-state index is 4.60. The normalized spacial score (nSPS) is 10.9. The van der Waals surface area contributed by atoms with Crippen LogP contribution < -0.4 is 5.43 Å². The molecule has 0 saturated carbocycles. The van der Waals surface area contributed by atoms with Crippen LogP contribution in [0.4, 0.5) is 5.82 Å². The third-order valence-electron chi connectivity index (χ3n) is 3.60. The molecule has 0 saturated heterocycles. The number of hydrogen-bond acceptors (Lipinski definition) is 4. The third kappa shape index (κ3) is 3.61. The van der Waals surface area contributed by atoms with Crippen LogP contribution in [0.15, 0.2) is 65.8 Å². The molecule has 0 atom stereocenters. The Balaban J connectivity index is 1.87. The van der Waals surface area contributed by atoms with E-state index in [1.165, 1.54) is 0 Å². The summed E-state index contributed by atoms with van der Waals surface area (Å²) < 4.78 is 0. The number of rotatable bonds is 4. The molecule has 4 heteroatoms. The maximum Gasteiger partial charge on any atom is 0.161 e. The molecule has 23 heavy (non-hydrogen) atoms. The van der Waals surface area contributed by atoms with Crippen molar-refractivity contribution >= 4 is 12.0 Å². The minimum atomic E-state index is 0.700. The van der Waals surface area contributed by atoms with E-state index in [0.29, 0.717) is 5.82 Å². The summed E-state index contributed by atoms with van der Waals surface area (Å²) in [6, 6.07) is 19.9. The van der Waals surface area contributed by atoms with E-state index in [2.05, 4.69) is 20.5 Å². The first-order valence-corrected chi connectivity index (χ1v) is 7.49. The van der Waals surface area contributed by atoms with E-state index < -0.39 is 0 Å². The van der Waals surface area contributed by atoms with Crippen molar-refractivity contribution in [1.82, 2.24) is 9.97 Å². The highest BCUT2D eigenvalue weighted by Crippen LogP contribution is 2.21. The van der Waals surface area contributed by atoms with Crippen molar-refractivity contribution < 1.29 is 0 Å². The second-order valence-corrected chi connectivity index (χ2v) is 5.25. The molecule has 4 nitrogen and oxygen atoms in total. The van der Waals surface area contributed by atoms with Crippen LogP contribution in [0.25, 0.3) is 11.4 Å². The highest BCUT2D eigenvalue weighted by molar-refractivity contribution is 5.80. The number of nitrogens with zero attached hydrogens (tertiary/aromatic N) is 3. The molecule has 3 rings (SSSR count). The molecule has 1 N–H and O–H groups in total. The Morgan fingerprint density at radius 1 is 0.870 bits per heavy atom. The summed E-state index contributed by atoms with van der Waals surface area (Å²) in [5.74, 6) is 1.43. The Morgan fingerprint density at radius 3 is 2.22 bits per heavy atom. The summed E-state index contributed by atoms with van der Waals surface area (Å²) in [5.41, 5.74) is 6.99. The molecule has 0 fully saturated rings. The molecule has 0 spiro atoms. The Morgan fingerprint density at radius 2 is 1.52 bits per heavy atom. The molecule has 1 heterocycles. The molecule has 2 aromatic carbocycles. The zero-order valence-electron chi connectivity index (χ0n) is 13.2. The van der Waals surface area contributed by atoms with Gasteiger partial charge in [0.1, 0.15) is 0 Å². The van der Waals surface area contributed by atoms with Crippen molar-refractivity contribution in [3.05, 3.63) is 77.5 Å². The average molecular weight is 302 g/mol. The number of hydrazone groups is 1. The summed E-state index contributed by atoms with van der Waals surface area (Å²) in [4.78, 5) is 9.17. The van der Waals surface area contributed by atoms with Crippen LogP contribution in [0, 0.1) is 13.8 Å². The topological polar surface area (TPSA) is 50.2 Å². The fourth-order valence-electron chi connectivity index (χ4n) is 2.16. The van der Waals surface area contributed by atoms with Gasteiger partial charge in [0, 0.05) is 16.8 Å². The Labute approximate surface area is 135 Å². The lowest BCUT2D eigenvalue weighted by Gasteiger charge is -2.09. The molecule has 0 bridgehead atoms. The molecule has 0 aliphatic heterocycles. The molecule has 0 amide bonds. The summed E-state index contributed by atoms with van der Waals surface area (Å²) in [6.45, 7) is 3.97. The Kier molecular flexibility index (Phi) is 4.43. The van der Waals surface area contributed by atoms with E-state index in [1.54, 1.807) is 6.21 Å². The monoisotopic (exact) mass is 302 g/mol. The lowest BCUT2D eigenvalue weighted by atomic mass is 10.2. The second kappa shape index (κ2) is 6.83. The van der Waals surface area contributed by atoms with E-state index in [-0.39, 0.29) is 0 Å². The van der Waals surface area contributed by atoms with Crippen LogP contribution in [0.2, 0.25) is 0 Å². The van der Waals surface area contributed by atoms with Gasteiger partial charge in [-0.25, -0.2) is 9.97 Å². The van der Waals surface area contributed by atoms with Gasteiger partial charge in [0.25, 0.3) is 0 Å². The van der Waals surface area contributed by atoms with E-state index >= 15 is 0 Å². The molecular formula is C19H18N4. The fourth-order valence-corrected chi connectivity index (χ4v) is 2.16. The van der Waals surface area contributed by atoms with Crippen molar-refractivity contribution in [1.29, 1.82) is 0 Å². The van der Waals surface area contributed by atoms with Gasteiger partial charge < -0.3 is 0 Å². The third-order valence-corrected chi connectivity index (χ3v) is 3.60. The smallest absolute Gasteiger partial charge is 0.161 e. The lowest BCUT2D eigenvalue weighted by molar-refractivity contribution is 1.06. The van der Waals surface area contributed by atoms with Crippen LogP contribution in [-0.2, 0) is 0 Å². The largest absolute Gasteiger partial charge is 0.261 e. The molecule has 0 radical (unpaired) electrons. The van der Waals surface area contributed by atoms with Crippen LogP contribution >= 0.6 is 0 Å². The minimum Gasteiger partial charge on any atom is -0.261 e. The molecule has 0 aliphatic rings. The van der Waals surface area contributed by atoms with Gasteiger partial charge in [-0.1, -0.05) is 60.7 Å². The van der Waals surface area contributed by atoms with Gasteiger partial charge >= 0.3 is 0 Å². The van der Waals surface area contributed by atoms with E-state index in [9.17, 15) is 0 Å². The molecule has 114 valence electrons. The number of anilines is 1. The Bertz CT molecular complexity index is 812. The van der Waals surface area contributed by atoms with E-state index in [4.69, 9.17) is 0 Å². The van der Waals surface area contributed by atoms with Crippen molar-refractivity contribution in [2.24, 2.45) is 5.10 Å². The van der Waals surface area contributed by atoms with Crippen LogP contribution in [0.1, 0.15) is 16.8 Å². The highest BCUT2D eigenvalue weighted by Gasteiger charge is 2.08. The zero-order chi connectivity index (χ0) is 16.1. The van der Waals surface area contributed by atoms with E-state index in [0.717, 1.165) is 28.2 Å².